The minimum atomic E-state index is -0.295. The molecule has 2 aliphatic rings. The summed E-state index contributed by atoms with van der Waals surface area (Å²) in [5, 5.41) is 7.26. The quantitative estimate of drug-likeness (QED) is 0.787. The van der Waals surface area contributed by atoms with Crippen molar-refractivity contribution >= 4 is 17.3 Å². The Morgan fingerprint density at radius 3 is 2.86 bits per heavy atom. The molecule has 0 atom stereocenters. The van der Waals surface area contributed by atoms with Crippen LogP contribution in [0.5, 0.6) is 0 Å². The third-order valence-electron chi connectivity index (χ3n) is 5.15. The predicted molar refractivity (Wildman–Crippen MR) is 105 cm³/mol. The van der Waals surface area contributed by atoms with Crippen LogP contribution in [0.3, 0.4) is 0 Å². The van der Waals surface area contributed by atoms with Crippen LogP contribution in [0.4, 0.5) is 0 Å². The smallest absolute Gasteiger partial charge is 0.298 e. The number of hydrogen-bond donors (Lipinski definition) is 1. The van der Waals surface area contributed by atoms with Crippen LogP contribution in [-0.2, 0) is 22.4 Å². The molecule has 2 aromatic rings. The molecule has 0 bridgehead atoms. The van der Waals surface area contributed by atoms with Crippen molar-refractivity contribution in [1.29, 1.82) is 0 Å². The molecule has 28 heavy (non-hydrogen) atoms. The zero-order chi connectivity index (χ0) is 19.5. The maximum absolute atomic E-state index is 12.4. The molecule has 142 valence electrons. The highest BCUT2D eigenvalue weighted by Gasteiger charge is 2.26. The molecule has 3 heterocycles. The number of aromatic amines is 1. The number of nitrogens with zero attached hydrogens (tertiary/aromatic N) is 3. The third-order valence-corrected chi connectivity index (χ3v) is 5.15. The van der Waals surface area contributed by atoms with Crippen molar-refractivity contribution in [2.75, 3.05) is 13.1 Å². The molecule has 1 amide bonds. The molecule has 4 rings (SSSR count). The number of nitrogens with one attached hydrogen (secondary N) is 1. The number of Topliss-reactive ketones (excluding diaryl/α,β-unsaturated/α-hetero) is 1. The van der Waals surface area contributed by atoms with E-state index >= 15 is 0 Å². The van der Waals surface area contributed by atoms with Crippen LogP contribution in [-0.4, -0.2) is 44.9 Å². The van der Waals surface area contributed by atoms with E-state index in [-0.39, 0.29) is 11.7 Å². The SMILES string of the molecule is C#CC(=O)N1CCC=C(c2ccc(CC(=O)Cc3cc(C4CC4)n[nH]3)cn2)C1. The van der Waals surface area contributed by atoms with Crippen molar-refractivity contribution in [2.24, 2.45) is 0 Å². The van der Waals surface area contributed by atoms with Crippen LogP contribution >= 0.6 is 0 Å². The van der Waals surface area contributed by atoms with Gasteiger partial charge in [0.1, 0.15) is 5.78 Å². The van der Waals surface area contributed by atoms with E-state index in [9.17, 15) is 9.59 Å². The highest BCUT2D eigenvalue weighted by molar-refractivity contribution is 5.94. The number of terminal acetylenes is 1. The Bertz CT molecular complexity index is 961. The van der Waals surface area contributed by atoms with Crippen molar-refractivity contribution in [1.82, 2.24) is 20.1 Å². The lowest BCUT2D eigenvalue weighted by Gasteiger charge is -2.25. The monoisotopic (exact) mass is 374 g/mol. The largest absolute Gasteiger partial charge is 0.327 e. The normalized spacial score (nSPS) is 16.4. The highest BCUT2D eigenvalue weighted by Crippen LogP contribution is 2.39. The lowest BCUT2D eigenvalue weighted by molar-refractivity contribution is -0.124. The Balaban J connectivity index is 1.35. The topological polar surface area (TPSA) is 79.0 Å². The first-order chi connectivity index (χ1) is 13.6. The number of pyridine rings is 1. The fourth-order valence-corrected chi connectivity index (χ4v) is 3.47. The Morgan fingerprint density at radius 2 is 2.14 bits per heavy atom. The minimum Gasteiger partial charge on any atom is -0.327 e. The molecule has 6 nitrogen and oxygen atoms in total. The van der Waals surface area contributed by atoms with Crippen molar-refractivity contribution in [2.45, 2.75) is 38.0 Å². The van der Waals surface area contributed by atoms with E-state index in [1.54, 1.807) is 11.1 Å². The van der Waals surface area contributed by atoms with Crippen molar-refractivity contribution < 1.29 is 9.59 Å². The lowest BCUT2D eigenvalue weighted by atomic mass is 10.0. The number of ketones is 1. The Kier molecular flexibility index (Phi) is 5.07. The summed E-state index contributed by atoms with van der Waals surface area (Å²) < 4.78 is 0. The van der Waals surface area contributed by atoms with Crippen molar-refractivity contribution in [3.63, 3.8) is 0 Å². The number of rotatable bonds is 6. The van der Waals surface area contributed by atoms with Crippen LogP contribution in [0.2, 0.25) is 0 Å². The molecular formula is C22H22N4O2. The molecule has 1 saturated carbocycles. The summed E-state index contributed by atoms with van der Waals surface area (Å²) in [6.45, 7) is 1.10. The lowest BCUT2D eigenvalue weighted by Crippen LogP contribution is -2.34. The van der Waals surface area contributed by atoms with Crippen LogP contribution < -0.4 is 0 Å². The van der Waals surface area contributed by atoms with Gasteiger partial charge in [-0.3, -0.25) is 19.7 Å². The Morgan fingerprint density at radius 1 is 1.29 bits per heavy atom. The van der Waals surface area contributed by atoms with Gasteiger partial charge in [-0.2, -0.15) is 5.10 Å². The molecule has 1 fully saturated rings. The van der Waals surface area contributed by atoms with Crippen LogP contribution in [0.25, 0.3) is 5.57 Å². The first-order valence-corrected chi connectivity index (χ1v) is 9.58. The molecule has 1 N–H and O–H groups in total. The average molecular weight is 374 g/mol. The summed E-state index contributed by atoms with van der Waals surface area (Å²) in [4.78, 5) is 30.2. The van der Waals surface area contributed by atoms with Gasteiger partial charge in [0.15, 0.2) is 0 Å². The van der Waals surface area contributed by atoms with Gasteiger partial charge in [0.25, 0.3) is 5.91 Å². The third kappa shape index (κ3) is 4.20. The number of H-pyrrole nitrogens is 1. The summed E-state index contributed by atoms with van der Waals surface area (Å²) in [5.74, 6) is 2.58. The number of amides is 1. The number of hydrogen-bond acceptors (Lipinski definition) is 4. The molecule has 1 aliphatic carbocycles. The van der Waals surface area contributed by atoms with Gasteiger partial charge < -0.3 is 4.90 Å². The molecule has 0 unspecified atom stereocenters. The van der Waals surface area contributed by atoms with Gasteiger partial charge in [-0.1, -0.05) is 12.1 Å². The average Bonchev–Trinajstić information content (AvgIpc) is 3.47. The van der Waals surface area contributed by atoms with E-state index in [0.29, 0.717) is 31.8 Å². The molecule has 0 spiro atoms. The van der Waals surface area contributed by atoms with Crippen LogP contribution in [0, 0.1) is 12.3 Å². The summed E-state index contributed by atoms with van der Waals surface area (Å²) >= 11 is 0. The van der Waals surface area contributed by atoms with E-state index < -0.39 is 0 Å². The summed E-state index contributed by atoms with van der Waals surface area (Å²) in [7, 11) is 0. The van der Waals surface area contributed by atoms with Gasteiger partial charge in [0.2, 0.25) is 0 Å². The summed E-state index contributed by atoms with van der Waals surface area (Å²) in [6.07, 6.45) is 12.9. The number of carbonyl (C=O) groups excluding carboxylic acids is 2. The second-order valence-corrected chi connectivity index (χ2v) is 7.43. The minimum absolute atomic E-state index is 0.128. The van der Waals surface area contributed by atoms with Crippen molar-refractivity contribution in [3.05, 3.63) is 53.1 Å². The maximum Gasteiger partial charge on any atom is 0.298 e. The van der Waals surface area contributed by atoms with Crippen LogP contribution in [0.1, 0.15) is 47.8 Å². The van der Waals surface area contributed by atoms with E-state index in [4.69, 9.17) is 6.42 Å². The standard InChI is InChI=1S/C22H22N4O2/c1-2-22(28)26-9-3-4-17(14-26)20-8-5-15(13-23-20)10-19(27)11-18-12-21(25-24-18)16-6-7-16/h1,4-5,8,12-13,16H,3,6-7,9-11,14H2,(H,24,25). The molecule has 1 aliphatic heterocycles. The van der Waals surface area contributed by atoms with Gasteiger partial charge in [-0.25, -0.2) is 0 Å². The van der Waals surface area contributed by atoms with Gasteiger partial charge in [0, 0.05) is 43.7 Å². The van der Waals surface area contributed by atoms with E-state index in [0.717, 1.165) is 34.6 Å². The van der Waals surface area contributed by atoms with Gasteiger partial charge in [0.05, 0.1) is 11.4 Å². The first-order valence-electron chi connectivity index (χ1n) is 9.58. The second kappa shape index (κ2) is 7.81. The highest BCUT2D eigenvalue weighted by atomic mass is 16.2. The molecule has 0 saturated heterocycles. The maximum atomic E-state index is 12.4. The molecular weight excluding hydrogens is 352 g/mol. The second-order valence-electron chi connectivity index (χ2n) is 7.43. The first kappa shape index (κ1) is 18.2. The van der Waals surface area contributed by atoms with Crippen LogP contribution in [0.15, 0.2) is 30.5 Å². The fraction of sp³-hybridized carbons (Fsp3) is 0.364. The van der Waals surface area contributed by atoms with Gasteiger partial charge in [-0.15, -0.1) is 6.42 Å². The predicted octanol–water partition coefficient (Wildman–Crippen LogP) is 2.29. The zero-order valence-corrected chi connectivity index (χ0v) is 15.6. The summed E-state index contributed by atoms with van der Waals surface area (Å²) in [6, 6.07) is 5.83. The zero-order valence-electron chi connectivity index (χ0n) is 15.6. The number of aromatic nitrogens is 3. The molecule has 6 heteroatoms. The molecule has 0 aromatic carbocycles. The Labute approximate surface area is 164 Å². The van der Waals surface area contributed by atoms with E-state index in [1.165, 1.54) is 12.8 Å². The molecule has 0 radical (unpaired) electrons. The Hall–Kier alpha value is -3.20. The number of carbonyl (C=O) groups is 2. The summed E-state index contributed by atoms with van der Waals surface area (Å²) in [5.41, 5.74) is 4.63. The molecule has 2 aromatic heterocycles. The van der Waals surface area contributed by atoms with E-state index in [2.05, 4.69) is 27.2 Å². The van der Waals surface area contributed by atoms with E-state index in [1.807, 2.05) is 18.2 Å². The van der Waals surface area contributed by atoms with Crippen molar-refractivity contribution in [3.8, 4) is 12.3 Å². The van der Waals surface area contributed by atoms with Gasteiger partial charge >= 0.3 is 0 Å². The fourth-order valence-electron chi connectivity index (χ4n) is 3.47. The van der Waals surface area contributed by atoms with Gasteiger partial charge in [-0.05, 0) is 48.5 Å².